The molecular weight excluding hydrogens is 701 g/mol. The second-order valence-electron chi connectivity index (χ2n) is 14.5. The first-order chi connectivity index (χ1) is 27.8. The molecule has 4 heteroatoms. The number of fused-ring (bicyclic) bond motifs is 11. The molecule has 0 aliphatic rings. The van der Waals surface area contributed by atoms with Gasteiger partial charge in [-0.1, -0.05) is 133 Å². The first-order valence-electron chi connectivity index (χ1n) is 19.0. The maximum absolute atomic E-state index is 7.01. The van der Waals surface area contributed by atoms with Crippen molar-refractivity contribution in [3.05, 3.63) is 194 Å². The van der Waals surface area contributed by atoms with E-state index < -0.39 is 0 Å². The van der Waals surface area contributed by atoms with Crippen LogP contribution in [0.5, 0.6) is 0 Å². The maximum Gasteiger partial charge on any atom is 0.159 e. The monoisotopic (exact) mass is 732 g/mol. The number of aromatic nitrogens is 1. The summed E-state index contributed by atoms with van der Waals surface area (Å²) in [4.78, 5) is 2.42. The first-order valence-corrected chi connectivity index (χ1v) is 19.8. The van der Waals surface area contributed by atoms with Crippen molar-refractivity contribution < 1.29 is 4.42 Å². The van der Waals surface area contributed by atoms with Gasteiger partial charge in [-0.3, -0.25) is 0 Å². The number of nitrogens with zero attached hydrogens (tertiary/aromatic N) is 2. The van der Waals surface area contributed by atoms with Crippen LogP contribution in [-0.2, 0) is 0 Å². The molecule has 12 aromatic rings. The highest BCUT2D eigenvalue weighted by Gasteiger charge is 2.23. The molecule has 56 heavy (non-hydrogen) atoms. The Kier molecular flexibility index (Phi) is 6.80. The van der Waals surface area contributed by atoms with Crippen LogP contribution in [0.4, 0.5) is 17.1 Å². The van der Waals surface area contributed by atoms with Gasteiger partial charge in [-0.15, -0.1) is 11.3 Å². The zero-order valence-corrected chi connectivity index (χ0v) is 31.0. The lowest BCUT2D eigenvalue weighted by molar-refractivity contribution is 0.666. The SMILES string of the molecule is c1ccc(-c2ccc(N(c3ccc4c(c3)oc3c(-n5c6ccccc6c6ccccc65)cccc34)c3cc4ccccc4c4sc5ccccc5c34)cc2)cc1. The molecule has 3 aromatic heterocycles. The molecule has 0 spiro atoms. The van der Waals surface area contributed by atoms with Crippen LogP contribution < -0.4 is 4.90 Å². The maximum atomic E-state index is 7.01. The molecule has 0 bridgehead atoms. The third kappa shape index (κ3) is 4.63. The number of anilines is 3. The zero-order valence-electron chi connectivity index (χ0n) is 30.2. The summed E-state index contributed by atoms with van der Waals surface area (Å²) in [5.41, 5.74) is 10.7. The first kappa shape index (κ1) is 31.2. The highest BCUT2D eigenvalue weighted by atomic mass is 32.1. The molecule has 0 atom stereocenters. The molecular formula is C52H32N2OS. The van der Waals surface area contributed by atoms with E-state index in [2.05, 4.69) is 204 Å². The van der Waals surface area contributed by atoms with Crippen LogP contribution in [0.3, 0.4) is 0 Å². The summed E-state index contributed by atoms with van der Waals surface area (Å²) in [6.45, 7) is 0. The quantitative estimate of drug-likeness (QED) is 0.176. The Morgan fingerprint density at radius 1 is 0.446 bits per heavy atom. The van der Waals surface area contributed by atoms with Gasteiger partial charge in [0.2, 0.25) is 0 Å². The van der Waals surface area contributed by atoms with Crippen LogP contribution in [0.1, 0.15) is 0 Å². The number of thiophene rings is 1. The van der Waals surface area contributed by atoms with Crippen molar-refractivity contribution in [2.24, 2.45) is 0 Å². The Hall–Kier alpha value is -7.14. The summed E-state index contributed by atoms with van der Waals surface area (Å²) >= 11 is 1.87. The third-order valence-electron chi connectivity index (χ3n) is 11.4. The van der Waals surface area contributed by atoms with Crippen molar-refractivity contribution in [1.29, 1.82) is 0 Å². The van der Waals surface area contributed by atoms with Crippen molar-refractivity contribution in [2.45, 2.75) is 0 Å². The van der Waals surface area contributed by atoms with Gasteiger partial charge in [-0.05, 0) is 76.5 Å². The minimum Gasteiger partial charge on any atom is -0.454 e. The predicted octanol–water partition coefficient (Wildman–Crippen LogP) is 15.3. The summed E-state index contributed by atoms with van der Waals surface area (Å²) in [6.07, 6.45) is 0. The van der Waals surface area contributed by atoms with Crippen molar-refractivity contribution in [2.75, 3.05) is 4.90 Å². The second-order valence-corrected chi connectivity index (χ2v) is 15.5. The van der Waals surface area contributed by atoms with E-state index in [-0.39, 0.29) is 0 Å². The molecule has 0 N–H and O–H groups in total. The largest absolute Gasteiger partial charge is 0.454 e. The average Bonchev–Trinajstić information content (AvgIpc) is 3.94. The van der Waals surface area contributed by atoms with E-state index in [0.29, 0.717) is 0 Å². The fourth-order valence-corrected chi connectivity index (χ4v) is 10.1. The molecule has 3 heterocycles. The summed E-state index contributed by atoms with van der Waals surface area (Å²) in [7, 11) is 0. The smallest absolute Gasteiger partial charge is 0.159 e. The summed E-state index contributed by atoms with van der Waals surface area (Å²) in [5.74, 6) is 0. The standard InChI is InChI=1S/C52H32N2OS/c1-2-13-33(14-3-1)34-25-27-36(28-26-34)53(47-31-35-15-4-5-16-38(35)52-50(47)43-19-8-11-24-49(43)56-52)37-29-30-41-42-20-12-23-46(51(42)55-48(41)32-37)54-44-21-9-6-17-39(44)40-18-7-10-22-45(40)54/h1-32H. The third-order valence-corrected chi connectivity index (χ3v) is 12.6. The average molecular weight is 733 g/mol. The molecule has 9 aromatic carbocycles. The van der Waals surface area contributed by atoms with Gasteiger partial charge in [-0.25, -0.2) is 0 Å². The zero-order chi connectivity index (χ0) is 36.7. The van der Waals surface area contributed by atoms with E-state index >= 15 is 0 Å². The lowest BCUT2D eigenvalue weighted by Gasteiger charge is -2.27. The molecule has 0 unspecified atom stereocenters. The summed E-state index contributed by atoms with van der Waals surface area (Å²) in [6, 6.07) is 70.0. The Morgan fingerprint density at radius 2 is 1.07 bits per heavy atom. The van der Waals surface area contributed by atoms with Gasteiger partial charge in [0, 0.05) is 59.2 Å². The highest BCUT2D eigenvalue weighted by Crippen LogP contribution is 2.49. The minimum absolute atomic E-state index is 0.851. The molecule has 0 aliphatic heterocycles. The van der Waals surface area contributed by atoms with Gasteiger partial charge >= 0.3 is 0 Å². The fourth-order valence-electron chi connectivity index (χ4n) is 8.85. The van der Waals surface area contributed by atoms with Crippen molar-refractivity contribution in [3.63, 3.8) is 0 Å². The predicted molar refractivity (Wildman–Crippen MR) is 239 cm³/mol. The van der Waals surface area contributed by atoms with E-state index in [1.54, 1.807) is 0 Å². The lowest BCUT2D eigenvalue weighted by Crippen LogP contribution is -2.10. The van der Waals surface area contributed by atoms with Crippen molar-refractivity contribution in [1.82, 2.24) is 4.57 Å². The van der Waals surface area contributed by atoms with Crippen LogP contribution >= 0.6 is 11.3 Å². The molecule has 262 valence electrons. The Balaban J connectivity index is 1.11. The van der Waals surface area contributed by atoms with Crippen LogP contribution in [0, 0.1) is 0 Å². The van der Waals surface area contributed by atoms with Gasteiger partial charge in [0.1, 0.15) is 5.58 Å². The van der Waals surface area contributed by atoms with Gasteiger partial charge in [0.05, 0.1) is 22.4 Å². The molecule has 3 nitrogen and oxygen atoms in total. The highest BCUT2D eigenvalue weighted by molar-refractivity contribution is 7.26. The number of para-hydroxylation sites is 3. The molecule has 0 fully saturated rings. The molecule has 0 saturated carbocycles. The Bertz CT molecular complexity index is 3430. The Morgan fingerprint density at radius 3 is 1.86 bits per heavy atom. The molecule has 0 radical (unpaired) electrons. The molecule has 0 aliphatic carbocycles. The van der Waals surface area contributed by atoms with Gasteiger partial charge in [0.25, 0.3) is 0 Å². The van der Waals surface area contributed by atoms with Crippen LogP contribution in [0.15, 0.2) is 199 Å². The van der Waals surface area contributed by atoms with E-state index in [0.717, 1.165) is 55.7 Å². The number of benzene rings is 9. The topological polar surface area (TPSA) is 21.3 Å². The van der Waals surface area contributed by atoms with E-state index in [4.69, 9.17) is 4.42 Å². The minimum atomic E-state index is 0.851. The lowest BCUT2D eigenvalue weighted by atomic mass is 10.0. The van der Waals surface area contributed by atoms with E-state index in [9.17, 15) is 0 Å². The van der Waals surface area contributed by atoms with Crippen molar-refractivity contribution in [3.8, 4) is 16.8 Å². The summed E-state index contributed by atoms with van der Waals surface area (Å²) in [5, 5.41) is 9.67. The fraction of sp³-hybridized carbons (Fsp3) is 0. The molecule has 12 rings (SSSR count). The Labute approximate surface area is 326 Å². The molecule has 0 saturated heterocycles. The van der Waals surface area contributed by atoms with Crippen LogP contribution in [0.25, 0.3) is 91.5 Å². The second kappa shape index (κ2) is 12.2. The number of hydrogen-bond donors (Lipinski definition) is 0. The van der Waals surface area contributed by atoms with Crippen LogP contribution in [-0.4, -0.2) is 4.57 Å². The molecule has 0 amide bonds. The van der Waals surface area contributed by atoms with Gasteiger partial charge < -0.3 is 13.9 Å². The normalized spacial score (nSPS) is 11.9. The van der Waals surface area contributed by atoms with E-state index in [1.165, 1.54) is 52.8 Å². The summed E-state index contributed by atoms with van der Waals surface area (Å²) < 4.78 is 11.9. The van der Waals surface area contributed by atoms with Crippen molar-refractivity contribution >= 4 is 103 Å². The van der Waals surface area contributed by atoms with Gasteiger partial charge in [-0.2, -0.15) is 0 Å². The number of rotatable bonds is 5. The van der Waals surface area contributed by atoms with Crippen LogP contribution in [0.2, 0.25) is 0 Å². The van der Waals surface area contributed by atoms with E-state index in [1.807, 2.05) is 11.3 Å². The number of hydrogen-bond acceptors (Lipinski definition) is 3. The number of furan rings is 1. The van der Waals surface area contributed by atoms with Gasteiger partial charge in [0.15, 0.2) is 5.58 Å².